The lowest BCUT2D eigenvalue weighted by atomic mass is 10.0. The molecule has 2 aliphatic rings. The van der Waals surface area contributed by atoms with Crippen molar-refractivity contribution >= 4 is 6.09 Å². The Balaban J connectivity index is 1.28. The molecule has 2 aromatic rings. The minimum atomic E-state index is -0.473. The van der Waals surface area contributed by atoms with Crippen molar-refractivity contribution in [2.24, 2.45) is 0 Å². The fraction of sp³-hybridized carbons (Fsp3) is 0.591. The van der Waals surface area contributed by atoms with Gasteiger partial charge in [0.2, 0.25) is 0 Å². The van der Waals surface area contributed by atoms with E-state index in [4.69, 9.17) is 9.47 Å². The minimum Gasteiger partial charge on any atom is -0.444 e. The summed E-state index contributed by atoms with van der Waals surface area (Å²) < 4.78 is 13.4. The Morgan fingerprint density at radius 1 is 1.23 bits per heavy atom. The van der Waals surface area contributed by atoms with E-state index < -0.39 is 5.60 Å². The van der Waals surface area contributed by atoms with E-state index in [1.54, 1.807) is 0 Å². The number of fused-ring (bicyclic) bond motifs is 1. The third-order valence-electron chi connectivity index (χ3n) is 5.53. The van der Waals surface area contributed by atoms with Crippen LogP contribution in [0.25, 0.3) is 0 Å². The fourth-order valence-corrected chi connectivity index (χ4v) is 3.98. The number of hydrogen-bond donors (Lipinski definition) is 1. The summed E-state index contributed by atoms with van der Waals surface area (Å²) in [6.07, 6.45) is 1.48. The molecule has 1 aromatic carbocycles. The molecule has 1 unspecified atom stereocenters. The molecule has 0 saturated carbocycles. The van der Waals surface area contributed by atoms with Gasteiger partial charge in [0, 0.05) is 25.7 Å². The molecule has 3 heterocycles. The SMILES string of the molecule is CC(C)(C)OC(=O)NC1CCN(Cc2nnn3c2COC(c2ccccc2)C3)CC1. The Hall–Kier alpha value is -2.45. The van der Waals surface area contributed by atoms with Crippen molar-refractivity contribution in [3.8, 4) is 0 Å². The summed E-state index contributed by atoms with van der Waals surface area (Å²) >= 11 is 0. The number of nitrogens with zero attached hydrogens (tertiary/aromatic N) is 4. The van der Waals surface area contributed by atoms with Gasteiger partial charge in [0.1, 0.15) is 17.4 Å². The van der Waals surface area contributed by atoms with E-state index in [-0.39, 0.29) is 18.2 Å². The van der Waals surface area contributed by atoms with Crippen LogP contribution >= 0.6 is 0 Å². The summed E-state index contributed by atoms with van der Waals surface area (Å²) in [5, 5.41) is 11.8. The molecule has 1 atom stereocenters. The van der Waals surface area contributed by atoms with Gasteiger partial charge in [-0.05, 0) is 39.2 Å². The van der Waals surface area contributed by atoms with Gasteiger partial charge in [-0.15, -0.1) is 5.10 Å². The highest BCUT2D eigenvalue weighted by Gasteiger charge is 2.28. The third kappa shape index (κ3) is 5.17. The monoisotopic (exact) mass is 413 g/mol. The molecule has 1 fully saturated rings. The average molecular weight is 414 g/mol. The van der Waals surface area contributed by atoms with E-state index in [1.165, 1.54) is 5.56 Å². The van der Waals surface area contributed by atoms with Gasteiger partial charge in [0.15, 0.2) is 0 Å². The smallest absolute Gasteiger partial charge is 0.407 e. The topological polar surface area (TPSA) is 81.5 Å². The molecular formula is C22H31N5O3. The Morgan fingerprint density at radius 2 is 1.97 bits per heavy atom. The number of amides is 1. The standard InChI is InChI=1S/C22H31N5O3/c1-22(2,3)30-21(28)23-17-9-11-26(12-10-17)13-18-19-15-29-20(14-27(19)25-24-18)16-7-5-4-6-8-16/h4-8,17,20H,9-15H2,1-3H3,(H,23,28). The van der Waals surface area contributed by atoms with Gasteiger partial charge in [-0.1, -0.05) is 35.5 Å². The van der Waals surface area contributed by atoms with Crippen LogP contribution in [0.3, 0.4) is 0 Å². The minimum absolute atomic E-state index is 0.0166. The molecule has 4 rings (SSSR count). The Bertz CT molecular complexity index is 853. The predicted octanol–water partition coefficient (Wildman–Crippen LogP) is 3.04. The number of aromatic nitrogens is 3. The first-order valence-corrected chi connectivity index (χ1v) is 10.7. The van der Waals surface area contributed by atoms with E-state index >= 15 is 0 Å². The van der Waals surface area contributed by atoms with E-state index in [0.29, 0.717) is 13.2 Å². The van der Waals surface area contributed by atoms with Crippen molar-refractivity contribution < 1.29 is 14.3 Å². The van der Waals surface area contributed by atoms with Crippen molar-refractivity contribution in [3.05, 3.63) is 47.3 Å². The highest BCUT2D eigenvalue weighted by atomic mass is 16.6. The van der Waals surface area contributed by atoms with E-state index in [1.807, 2.05) is 43.7 Å². The Labute approximate surface area is 177 Å². The van der Waals surface area contributed by atoms with Crippen LogP contribution in [-0.4, -0.2) is 50.7 Å². The van der Waals surface area contributed by atoms with Crippen molar-refractivity contribution in [1.82, 2.24) is 25.2 Å². The van der Waals surface area contributed by atoms with Crippen LogP contribution in [0, 0.1) is 0 Å². The number of hydrogen-bond acceptors (Lipinski definition) is 6. The third-order valence-corrected chi connectivity index (χ3v) is 5.53. The van der Waals surface area contributed by atoms with Crippen LogP contribution in [0.15, 0.2) is 30.3 Å². The van der Waals surface area contributed by atoms with Gasteiger partial charge in [-0.25, -0.2) is 9.48 Å². The number of piperidine rings is 1. The van der Waals surface area contributed by atoms with Crippen LogP contribution in [0.4, 0.5) is 4.79 Å². The van der Waals surface area contributed by atoms with Crippen molar-refractivity contribution in [3.63, 3.8) is 0 Å². The van der Waals surface area contributed by atoms with Crippen molar-refractivity contribution in [2.75, 3.05) is 13.1 Å². The summed E-state index contributed by atoms with van der Waals surface area (Å²) in [6.45, 7) is 9.41. The van der Waals surface area contributed by atoms with Gasteiger partial charge >= 0.3 is 6.09 Å². The van der Waals surface area contributed by atoms with Crippen LogP contribution in [-0.2, 0) is 29.2 Å². The maximum Gasteiger partial charge on any atom is 0.407 e. The van der Waals surface area contributed by atoms with E-state index in [0.717, 1.165) is 43.9 Å². The summed E-state index contributed by atoms with van der Waals surface area (Å²) in [6, 6.07) is 10.4. The molecule has 30 heavy (non-hydrogen) atoms. The lowest BCUT2D eigenvalue weighted by molar-refractivity contribution is -0.00218. The Morgan fingerprint density at radius 3 is 2.67 bits per heavy atom. The molecule has 0 radical (unpaired) electrons. The van der Waals surface area contributed by atoms with Gasteiger partial charge in [0.25, 0.3) is 0 Å². The first-order chi connectivity index (χ1) is 14.4. The summed E-state index contributed by atoms with van der Waals surface area (Å²) in [7, 11) is 0. The lowest BCUT2D eigenvalue weighted by Crippen LogP contribution is -2.46. The number of carbonyl (C=O) groups excluding carboxylic acids is 1. The lowest BCUT2D eigenvalue weighted by Gasteiger charge is -2.32. The Kier molecular flexibility index (Phi) is 6.06. The molecule has 0 aliphatic carbocycles. The maximum atomic E-state index is 12.0. The molecule has 1 amide bonds. The van der Waals surface area contributed by atoms with Crippen LogP contribution in [0.5, 0.6) is 0 Å². The van der Waals surface area contributed by atoms with Gasteiger partial charge in [-0.2, -0.15) is 0 Å². The highest BCUT2D eigenvalue weighted by molar-refractivity contribution is 5.68. The molecule has 8 nitrogen and oxygen atoms in total. The van der Waals surface area contributed by atoms with Crippen LogP contribution in [0.1, 0.15) is 56.7 Å². The van der Waals surface area contributed by atoms with E-state index in [9.17, 15) is 4.79 Å². The molecule has 1 saturated heterocycles. The molecule has 0 spiro atoms. The highest BCUT2D eigenvalue weighted by Crippen LogP contribution is 2.27. The molecule has 162 valence electrons. The second kappa shape index (κ2) is 8.73. The number of carbonyl (C=O) groups is 1. The summed E-state index contributed by atoms with van der Waals surface area (Å²) in [5.74, 6) is 0. The summed E-state index contributed by atoms with van der Waals surface area (Å²) in [4.78, 5) is 14.3. The van der Waals surface area contributed by atoms with Gasteiger partial charge < -0.3 is 14.8 Å². The summed E-state index contributed by atoms with van der Waals surface area (Å²) in [5.41, 5.74) is 2.75. The number of nitrogens with one attached hydrogen (secondary N) is 1. The number of benzene rings is 1. The van der Waals surface area contributed by atoms with Gasteiger partial charge in [-0.3, -0.25) is 4.90 Å². The number of likely N-dealkylation sites (tertiary alicyclic amines) is 1. The zero-order valence-electron chi connectivity index (χ0n) is 18.0. The normalized spacial score (nSPS) is 20.6. The zero-order chi connectivity index (χ0) is 21.1. The van der Waals surface area contributed by atoms with Gasteiger partial charge in [0.05, 0.1) is 18.8 Å². The molecule has 8 heteroatoms. The molecule has 1 N–H and O–H groups in total. The molecule has 1 aromatic heterocycles. The predicted molar refractivity (Wildman–Crippen MR) is 112 cm³/mol. The zero-order valence-corrected chi connectivity index (χ0v) is 18.0. The quantitative estimate of drug-likeness (QED) is 0.830. The second-order valence-electron chi connectivity index (χ2n) is 9.07. The molecule has 0 bridgehead atoms. The fourth-order valence-electron chi connectivity index (χ4n) is 3.98. The molecular weight excluding hydrogens is 382 g/mol. The average Bonchev–Trinajstić information content (AvgIpc) is 3.11. The first kappa shape index (κ1) is 20.8. The van der Waals surface area contributed by atoms with E-state index in [2.05, 4.69) is 32.7 Å². The number of ether oxygens (including phenoxy) is 2. The van der Waals surface area contributed by atoms with Crippen molar-refractivity contribution in [1.29, 1.82) is 0 Å². The first-order valence-electron chi connectivity index (χ1n) is 10.7. The number of rotatable bonds is 4. The largest absolute Gasteiger partial charge is 0.444 e. The van der Waals surface area contributed by atoms with Crippen LogP contribution < -0.4 is 5.32 Å². The van der Waals surface area contributed by atoms with Crippen molar-refractivity contribution in [2.45, 2.75) is 71.1 Å². The maximum absolute atomic E-state index is 12.0. The van der Waals surface area contributed by atoms with Crippen LogP contribution in [0.2, 0.25) is 0 Å². The molecule has 2 aliphatic heterocycles. The second-order valence-corrected chi connectivity index (χ2v) is 9.07. The number of alkyl carbamates (subject to hydrolysis) is 1.